The lowest BCUT2D eigenvalue weighted by Crippen LogP contribution is -2.33. The molecule has 3 heterocycles. The first-order chi connectivity index (χ1) is 15.6. The molecule has 2 aromatic carbocycles. The Morgan fingerprint density at radius 2 is 1.88 bits per heavy atom. The zero-order valence-corrected chi connectivity index (χ0v) is 18.3. The normalized spacial score (nSPS) is 14.8. The highest BCUT2D eigenvalue weighted by Gasteiger charge is 2.25. The molecule has 7 nitrogen and oxygen atoms in total. The van der Waals surface area contributed by atoms with Crippen LogP contribution in [0.5, 0.6) is 0 Å². The van der Waals surface area contributed by atoms with Crippen LogP contribution in [0.2, 0.25) is 5.02 Å². The maximum atomic E-state index is 11.9. The van der Waals surface area contributed by atoms with Crippen molar-refractivity contribution in [2.45, 2.75) is 31.7 Å². The Morgan fingerprint density at radius 3 is 2.66 bits per heavy atom. The Hall–Kier alpha value is -3.32. The molecule has 4 aromatic rings. The lowest BCUT2D eigenvalue weighted by molar-refractivity contribution is 0.0991. The molecule has 0 saturated carbocycles. The van der Waals surface area contributed by atoms with Crippen LogP contribution in [0, 0.1) is 0 Å². The van der Waals surface area contributed by atoms with E-state index in [1.165, 1.54) is 5.56 Å². The molecule has 1 aliphatic heterocycles. The van der Waals surface area contributed by atoms with E-state index in [0.29, 0.717) is 36.4 Å². The van der Waals surface area contributed by atoms with Crippen molar-refractivity contribution in [2.75, 3.05) is 18.0 Å². The first-order valence-electron chi connectivity index (χ1n) is 10.8. The summed E-state index contributed by atoms with van der Waals surface area (Å²) in [5, 5.41) is 6.00. The highest BCUT2D eigenvalue weighted by Crippen LogP contribution is 2.33. The molecule has 2 aromatic heterocycles. The van der Waals surface area contributed by atoms with Gasteiger partial charge < -0.3 is 19.7 Å². The maximum absolute atomic E-state index is 11.9. The number of carbonyl (C=O) groups is 1. The van der Waals surface area contributed by atoms with Crippen LogP contribution in [-0.2, 0) is 13.0 Å². The van der Waals surface area contributed by atoms with Crippen LogP contribution in [0.1, 0.15) is 40.7 Å². The number of para-hydroxylation sites is 1. The highest BCUT2D eigenvalue weighted by molar-refractivity contribution is 6.31. The van der Waals surface area contributed by atoms with Gasteiger partial charge in [-0.2, -0.15) is 4.98 Å². The number of rotatable bonds is 6. The first-order valence-corrected chi connectivity index (χ1v) is 11.2. The van der Waals surface area contributed by atoms with Crippen LogP contribution in [0.3, 0.4) is 0 Å². The zero-order chi connectivity index (χ0) is 22.1. The van der Waals surface area contributed by atoms with Gasteiger partial charge in [-0.05, 0) is 47.7 Å². The van der Waals surface area contributed by atoms with Crippen LogP contribution in [0.4, 0.5) is 5.95 Å². The Labute approximate surface area is 190 Å². The van der Waals surface area contributed by atoms with Crippen molar-refractivity contribution in [1.29, 1.82) is 0 Å². The number of anilines is 1. The van der Waals surface area contributed by atoms with Gasteiger partial charge in [0.25, 0.3) is 11.9 Å². The fourth-order valence-electron chi connectivity index (χ4n) is 4.54. The number of aromatic nitrogens is 3. The number of fused-ring (bicyclic) bond motifs is 1. The predicted molar refractivity (Wildman–Crippen MR) is 124 cm³/mol. The van der Waals surface area contributed by atoms with E-state index in [0.717, 1.165) is 41.9 Å². The number of carbonyl (C=O) groups excluding carboxylic acids is 1. The second kappa shape index (κ2) is 8.67. The number of hydrogen-bond acceptors (Lipinski definition) is 5. The SMILES string of the molecule is NC(=O)c1cc2ccccc2n1CCc1nc(N2CCC(c3ccccc3Cl)CC2)no1. The molecule has 32 heavy (non-hydrogen) atoms. The van der Waals surface area contributed by atoms with Gasteiger partial charge in [0.15, 0.2) is 0 Å². The lowest BCUT2D eigenvalue weighted by atomic mass is 9.89. The summed E-state index contributed by atoms with van der Waals surface area (Å²) in [6.07, 6.45) is 2.50. The van der Waals surface area contributed by atoms with Crippen LogP contribution in [-0.4, -0.2) is 33.7 Å². The minimum atomic E-state index is -0.450. The summed E-state index contributed by atoms with van der Waals surface area (Å²) in [7, 11) is 0. The molecule has 1 saturated heterocycles. The Balaban J connectivity index is 1.25. The van der Waals surface area contributed by atoms with Crippen molar-refractivity contribution in [2.24, 2.45) is 5.73 Å². The van der Waals surface area contributed by atoms with E-state index in [1.807, 2.05) is 53.1 Å². The molecular formula is C24H24ClN5O2. The monoisotopic (exact) mass is 449 g/mol. The average molecular weight is 450 g/mol. The standard InChI is InChI=1S/C24H24ClN5O2/c25-19-7-3-2-6-18(19)16-9-12-29(13-10-16)24-27-22(32-28-24)11-14-30-20-8-4-1-5-17(20)15-21(30)23(26)31/h1-8,15-16H,9-14H2,(H2,26,31). The maximum Gasteiger partial charge on any atom is 0.266 e. The molecule has 0 unspecified atom stereocenters. The number of hydrogen-bond donors (Lipinski definition) is 1. The van der Waals surface area contributed by atoms with Crippen molar-refractivity contribution >= 4 is 34.4 Å². The number of nitrogens with zero attached hydrogens (tertiary/aromatic N) is 4. The average Bonchev–Trinajstić information content (AvgIpc) is 3.43. The fraction of sp³-hybridized carbons (Fsp3) is 0.292. The van der Waals surface area contributed by atoms with Crippen molar-refractivity contribution in [1.82, 2.24) is 14.7 Å². The molecule has 2 N–H and O–H groups in total. The molecule has 0 atom stereocenters. The Kier molecular flexibility index (Phi) is 5.57. The third-order valence-corrected chi connectivity index (χ3v) is 6.54. The molecule has 1 aliphatic rings. The van der Waals surface area contributed by atoms with Gasteiger partial charge in [0.05, 0.1) is 0 Å². The van der Waals surface area contributed by atoms with E-state index in [9.17, 15) is 4.79 Å². The molecule has 1 amide bonds. The van der Waals surface area contributed by atoms with Gasteiger partial charge in [-0.15, -0.1) is 0 Å². The van der Waals surface area contributed by atoms with Gasteiger partial charge >= 0.3 is 0 Å². The van der Waals surface area contributed by atoms with E-state index < -0.39 is 5.91 Å². The van der Waals surface area contributed by atoms with Gasteiger partial charge in [-0.3, -0.25) is 4.79 Å². The second-order valence-corrected chi connectivity index (χ2v) is 8.53. The number of amides is 1. The summed E-state index contributed by atoms with van der Waals surface area (Å²) < 4.78 is 7.42. The number of benzene rings is 2. The molecule has 5 rings (SSSR count). The van der Waals surface area contributed by atoms with Crippen LogP contribution in [0.25, 0.3) is 10.9 Å². The van der Waals surface area contributed by atoms with E-state index >= 15 is 0 Å². The van der Waals surface area contributed by atoms with Crippen molar-refractivity contribution in [3.63, 3.8) is 0 Å². The minimum absolute atomic E-state index is 0.445. The number of primary amides is 1. The van der Waals surface area contributed by atoms with Crippen LogP contribution in [0.15, 0.2) is 59.1 Å². The summed E-state index contributed by atoms with van der Waals surface area (Å²) >= 11 is 6.37. The van der Waals surface area contributed by atoms with Gasteiger partial charge in [-0.1, -0.05) is 48.0 Å². The predicted octanol–water partition coefficient (Wildman–Crippen LogP) is 4.40. The molecule has 8 heteroatoms. The summed E-state index contributed by atoms with van der Waals surface area (Å²) in [5.74, 6) is 1.15. The third-order valence-electron chi connectivity index (χ3n) is 6.19. The lowest BCUT2D eigenvalue weighted by Gasteiger charge is -2.31. The number of aryl methyl sites for hydroxylation is 2. The zero-order valence-electron chi connectivity index (χ0n) is 17.6. The second-order valence-electron chi connectivity index (χ2n) is 8.13. The Morgan fingerprint density at radius 1 is 1.12 bits per heavy atom. The number of piperidine rings is 1. The van der Waals surface area contributed by atoms with E-state index in [4.69, 9.17) is 21.9 Å². The molecule has 164 valence electrons. The van der Waals surface area contributed by atoms with Gasteiger partial charge in [-0.25, -0.2) is 0 Å². The molecule has 0 radical (unpaired) electrons. The summed E-state index contributed by atoms with van der Waals surface area (Å²) in [5.41, 5.74) is 8.24. The molecule has 0 aliphatic carbocycles. The summed E-state index contributed by atoms with van der Waals surface area (Å²) in [6.45, 7) is 2.23. The molecule has 1 fully saturated rings. The quantitative estimate of drug-likeness (QED) is 0.471. The smallest absolute Gasteiger partial charge is 0.266 e. The topological polar surface area (TPSA) is 90.2 Å². The van der Waals surface area contributed by atoms with E-state index in [1.54, 1.807) is 0 Å². The summed E-state index contributed by atoms with van der Waals surface area (Å²) in [6, 6.07) is 17.7. The molecule has 0 spiro atoms. The van der Waals surface area contributed by atoms with E-state index in [-0.39, 0.29) is 0 Å². The fourth-order valence-corrected chi connectivity index (χ4v) is 4.83. The van der Waals surface area contributed by atoms with Gasteiger partial charge in [0.1, 0.15) is 5.69 Å². The van der Waals surface area contributed by atoms with Crippen molar-refractivity contribution in [3.05, 3.63) is 76.8 Å². The first kappa shape index (κ1) is 20.6. The third kappa shape index (κ3) is 3.96. The van der Waals surface area contributed by atoms with Crippen LogP contribution >= 0.6 is 11.6 Å². The molecule has 0 bridgehead atoms. The van der Waals surface area contributed by atoms with Crippen LogP contribution < -0.4 is 10.6 Å². The summed E-state index contributed by atoms with van der Waals surface area (Å²) in [4.78, 5) is 18.6. The van der Waals surface area contributed by atoms with Gasteiger partial charge in [0, 0.05) is 42.0 Å². The largest absolute Gasteiger partial charge is 0.364 e. The Bertz CT molecular complexity index is 1260. The van der Waals surface area contributed by atoms with Crippen molar-refractivity contribution in [3.8, 4) is 0 Å². The van der Waals surface area contributed by atoms with E-state index in [2.05, 4.69) is 21.1 Å². The highest BCUT2D eigenvalue weighted by atomic mass is 35.5. The number of halogens is 1. The van der Waals surface area contributed by atoms with Gasteiger partial charge in [0.2, 0.25) is 5.89 Å². The number of nitrogens with two attached hydrogens (primary N) is 1. The van der Waals surface area contributed by atoms with Crippen molar-refractivity contribution < 1.29 is 9.32 Å². The minimum Gasteiger partial charge on any atom is -0.364 e. The molecular weight excluding hydrogens is 426 g/mol.